The number of nitrogens with two attached hydrogens (primary N) is 1. The summed E-state index contributed by atoms with van der Waals surface area (Å²) in [6, 6.07) is 7.35. The van der Waals surface area contributed by atoms with E-state index in [2.05, 4.69) is 15.0 Å². The van der Waals surface area contributed by atoms with Crippen molar-refractivity contribution >= 4 is 5.69 Å². The minimum Gasteiger partial charge on any atom is -0.481 e. The molecule has 8 heteroatoms. The number of H-pyrrole nitrogens is 1. The number of nitrogen functional groups attached to an aromatic ring is 1. The van der Waals surface area contributed by atoms with Gasteiger partial charge in [0.2, 0.25) is 5.88 Å². The summed E-state index contributed by atoms with van der Waals surface area (Å²) < 4.78 is 7.24. The highest BCUT2D eigenvalue weighted by Crippen LogP contribution is 2.25. The van der Waals surface area contributed by atoms with Crippen LogP contribution in [0.15, 0.2) is 29.1 Å². The summed E-state index contributed by atoms with van der Waals surface area (Å²) in [5, 5.41) is 4.44. The van der Waals surface area contributed by atoms with Crippen LogP contribution in [0.3, 0.4) is 0 Å². The Hall–Kier alpha value is -3.13. The molecule has 146 valence electrons. The third-order valence-electron chi connectivity index (χ3n) is 5.20. The molecule has 3 N–H and O–H groups in total. The quantitative estimate of drug-likeness (QED) is 0.667. The molecule has 4 rings (SSSR count). The van der Waals surface area contributed by atoms with Gasteiger partial charge in [0, 0.05) is 44.4 Å². The number of hydrogen-bond donors (Lipinski definition) is 2. The first-order valence-corrected chi connectivity index (χ1v) is 9.23. The van der Waals surface area contributed by atoms with E-state index < -0.39 is 0 Å². The number of nitrogens with one attached hydrogen (secondary N) is 1. The maximum absolute atomic E-state index is 12.7. The normalized spacial score (nSPS) is 14.1. The fourth-order valence-electron chi connectivity index (χ4n) is 3.74. The molecule has 0 radical (unpaired) electrons. The molecule has 0 spiro atoms. The van der Waals surface area contributed by atoms with E-state index in [-0.39, 0.29) is 5.56 Å². The van der Waals surface area contributed by atoms with Crippen LogP contribution in [0.4, 0.5) is 5.69 Å². The van der Waals surface area contributed by atoms with Gasteiger partial charge in [0.25, 0.3) is 5.56 Å². The number of nitrogens with zero attached hydrogens (tertiary/aromatic N) is 4. The minimum atomic E-state index is -0.0867. The van der Waals surface area contributed by atoms with Crippen LogP contribution in [0, 0.1) is 6.92 Å². The molecular formula is C20H24N6O2. The Labute approximate surface area is 163 Å². The van der Waals surface area contributed by atoms with E-state index in [0.717, 1.165) is 46.9 Å². The fraction of sp³-hybridized carbons (Fsp3) is 0.350. The van der Waals surface area contributed by atoms with Crippen molar-refractivity contribution in [2.75, 3.05) is 19.4 Å². The van der Waals surface area contributed by atoms with E-state index in [4.69, 9.17) is 15.5 Å². The number of aryl methyl sites for hydroxylation is 2. The Balaban J connectivity index is 1.60. The maximum atomic E-state index is 12.7. The van der Waals surface area contributed by atoms with E-state index in [1.807, 2.05) is 26.1 Å². The Morgan fingerprint density at radius 2 is 2.04 bits per heavy atom. The second-order valence-corrected chi connectivity index (χ2v) is 7.12. The van der Waals surface area contributed by atoms with Crippen molar-refractivity contribution in [3.05, 3.63) is 57.1 Å². The zero-order valence-electron chi connectivity index (χ0n) is 16.3. The Morgan fingerprint density at radius 1 is 1.29 bits per heavy atom. The molecule has 2 aromatic heterocycles. The van der Waals surface area contributed by atoms with E-state index in [1.165, 1.54) is 0 Å². The lowest BCUT2D eigenvalue weighted by atomic mass is 10.1. The summed E-state index contributed by atoms with van der Waals surface area (Å²) in [6.45, 7) is 4.03. The number of ether oxygens (including phenoxy) is 1. The predicted octanol–water partition coefficient (Wildman–Crippen LogP) is 1.63. The molecule has 0 saturated heterocycles. The Kier molecular flexibility index (Phi) is 4.64. The van der Waals surface area contributed by atoms with Crippen LogP contribution in [0.5, 0.6) is 5.88 Å². The molecule has 3 aromatic rings. The SMILES string of the molecule is COc1c(CN2CCc3nc(-c4ccc(N)cc4)[nH]c(=O)c3C2)c(C)nn1C. The highest BCUT2D eigenvalue weighted by atomic mass is 16.5. The molecule has 1 aliphatic heterocycles. The van der Waals surface area contributed by atoms with Gasteiger partial charge < -0.3 is 15.5 Å². The molecule has 0 aliphatic carbocycles. The van der Waals surface area contributed by atoms with Gasteiger partial charge in [-0.15, -0.1) is 0 Å². The van der Waals surface area contributed by atoms with Gasteiger partial charge in [-0.3, -0.25) is 9.69 Å². The van der Waals surface area contributed by atoms with Crippen molar-refractivity contribution in [3.63, 3.8) is 0 Å². The van der Waals surface area contributed by atoms with Crippen molar-refractivity contribution in [2.45, 2.75) is 26.4 Å². The minimum absolute atomic E-state index is 0.0867. The standard InChI is InChI=1S/C20H24N6O2/c1-12-15(20(28-3)25(2)24-12)10-26-9-8-17-16(11-26)19(27)23-18(22-17)13-4-6-14(21)7-5-13/h4-7H,8-11,21H2,1-3H3,(H,22,23,27). The molecule has 0 fully saturated rings. The number of methoxy groups -OCH3 is 1. The second-order valence-electron chi connectivity index (χ2n) is 7.12. The van der Waals surface area contributed by atoms with Gasteiger partial charge >= 0.3 is 0 Å². The number of aromatic nitrogens is 4. The molecule has 0 saturated carbocycles. The van der Waals surface area contributed by atoms with Gasteiger partial charge in [0.15, 0.2) is 0 Å². The van der Waals surface area contributed by atoms with Crippen LogP contribution < -0.4 is 16.0 Å². The lowest BCUT2D eigenvalue weighted by Crippen LogP contribution is -2.35. The molecule has 1 aliphatic rings. The van der Waals surface area contributed by atoms with Gasteiger partial charge in [-0.05, 0) is 31.2 Å². The molecule has 8 nitrogen and oxygen atoms in total. The predicted molar refractivity (Wildman–Crippen MR) is 107 cm³/mol. The molecule has 3 heterocycles. The van der Waals surface area contributed by atoms with Gasteiger partial charge in [-0.2, -0.15) is 5.10 Å². The van der Waals surface area contributed by atoms with E-state index in [9.17, 15) is 4.79 Å². The number of anilines is 1. The molecule has 0 unspecified atom stereocenters. The first-order chi connectivity index (χ1) is 13.5. The zero-order chi connectivity index (χ0) is 19.8. The van der Waals surface area contributed by atoms with Gasteiger partial charge in [0.1, 0.15) is 5.82 Å². The molecular weight excluding hydrogens is 356 g/mol. The van der Waals surface area contributed by atoms with Crippen molar-refractivity contribution in [2.24, 2.45) is 7.05 Å². The topological polar surface area (TPSA) is 102 Å². The average Bonchev–Trinajstić information content (AvgIpc) is 2.95. The molecule has 1 aromatic carbocycles. The zero-order valence-corrected chi connectivity index (χ0v) is 16.3. The van der Waals surface area contributed by atoms with Crippen LogP contribution >= 0.6 is 0 Å². The maximum Gasteiger partial charge on any atom is 0.255 e. The molecule has 0 amide bonds. The Morgan fingerprint density at radius 3 is 2.75 bits per heavy atom. The summed E-state index contributed by atoms with van der Waals surface area (Å²) >= 11 is 0. The van der Waals surface area contributed by atoms with Crippen LogP contribution in [-0.2, 0) is 26.6 Å². The van der Waals surface area contributed by atoms with E-state index in [1.54, 1.807) is 23.9 Å². The van der Waals surface area contributed by atoms with Gasteiger partial charge in [-0.1, -0.05) is 0 Å². The summed E-state index contributed by atoms with van der Waals surface area (Å²) in [5.41, 5.74) is 10.8. The van der Waals surface area contributed by atoms with Gasteiger partial charge in [-0.25, -0.2) is 9.67 Å². The summed E-state index contributed by atoms with van der Waals surface area (Å²) in [7, 11) is 3.52. The smallest absolute Gasteiger partial charge is 0.255 e. The highest BCUT2D eigenvalue weighted by Gasteiger charge is 2.24. The fourth-order valence-corrected chi connectivity index (χ4v) is 3.74. The Bertz CT molecular complexity index is 1070. The summed E-state index contributed by atoms with van der Waals surface area (Å²) in [5.74, 6) is 1.34. The van der Waals surface area contributed by atoms with Crippen molar-refractivity contribution < 1.29 is 4.74 Å². The van der Waals surface area contributed by atoms with Crippen LogP contribution in [-0.4, -0.2) is 38.3 Å². The number of hydrogen-bond acceptors (Lipinski definition) is 6. The first-order valence-electron chi connectivity index (χ1n) is 9.23. The molecule has 0 bridgehead atoms. The monoisotopic (exact) mass is 380 g/mol. The van der Waals surface area contributed by atoms with Crippen LogP contribution in [0.25, 0.3) is 11.4 Å². The van der Waals surface area contributed by atoms with E-state index in [0.29, 0.717) is 24.6 Å². The number of aromatic amines is 1. The lowest BCUT2D eigenvalue weighted by molar-refractivity contribution is 0.237. The average molecular weight is 380 g/mol. The van der Waals surface area contributed by atoms with Gasteiger partial charge in [0.05, 0.1) is 29.6 Å². The van der Waals surface area contributed by atoms with Crippen LogP contribution in [0.1, 0.15) is 22.5 Å². The molecule has 28 heavy (non-hydrogen) atoms. The number of benzene rings is 1. The largest absolute Gasteiger partial charge is 0.481 e. The second kappa shape index (κ2) is 7.12. The van der Waals surface area contributed by atoms with Crippen molar-refractivity contribution in [3.8, 4) is 17.3 Å². The lowest BCUT2D eigenvalue weighted by Gasteiger charge is -2.27. The summed E-state index contributed by atoms with van der Waals surface area (Å²) in [6.07, 6.45) is 0.725. The first kappa shape index (κ1) is 18.2. The molecule has 0 atom stereocenters. The highest BCUT2D eigenvalue weighted by molar-refractivity contribution is 5.58. The van der Waals surface area contributed by atoms with E-state index >= 15 is 0 Å². The summed E-state index contributed by atoms with van der Waals surface area (Å²) in [4.78, 5) is 22.6. The van der Waals surface area contributed by atoms with Crippen molar-refractivity contribution in [1.29, 1.82) is 0 Å². The third kappa shape index (κ3) is 3.27. The third-order valence-corrected chi connectivity index (χ3v) is 5.20. The van der Waals surface area contributed by atoms with Crippen LogP contribution in [0.2, 0.25) is 0 Å². The van der Waals surface area contributed by atoms with Crippen molar-refractivity contribution in [1.82, 2.24) is 24.6 Å². The number of rotatable bonds is 4. The number of fused-ring (bicyclic) bond motifs is 1.